The Kier molecular flexibility index (Phi) is 6.08. The molecule has 0 aliphatic carbocycles. The molecule has 0 saturated carbocycles. The van der Waals surface area contributed by atoms with Crippen molar-refractivity contribution >= 4 is 11.7 Å². The van der Waals surface area contributed by atoms with Gasteiger partial charge < -0.3 is 14.8 Å². The van der Waals surface area contributed by atoms with Gasteiger partial charge in [0.2, 0.25) is 5.91 Å². The second-order valence-electron chi connectivity index (χ2n) is 4.26. The number of ether oxygens (including phenoxy) is 1. The Morgan fingerprint density at radius 1 is 1.28 bits per heavy atom. The monoisotopic (exact) mass is 249 g/mol. The number of benzene rings is 1. The van der Waals surface area contributed by atoms with Crippen LogP contribution >= 0.6 is 0 Å². The molecule has 0 spiro atoms. The number of carbonyl (C=O) groups is 2. The molecular weight excluding hydrogens is 230 g/mol. The van der Waals surface area contributed by atoms with Gasteiger partial charge >= 0.3 is 0 Å². The molecule has 1 rings (SSSR count). The minimum atomic E-state index is -0.406. The maximum Gasteiger partial charge on any atom is 0.226 e. The van der Waals surface area contributed by atoms with Gasteiger partial charge in [-0.15, -0.1) is 0 Å². The number of Topliss-reactive ketones (excluding diaryl/α,β-unsaturated/α-hetero) is 1. The topological polar surface area (TPSA) is 55.4 Å². The maximum absolute atomic E-state index is 11.9. The van der Waals surface area contributed by atoms with Gasteiger partial charge in [-0.05, 0) is 12.5 Å². The van der Waals surface area contributed by atoms with E-state index in [9.17, 15) is 9.59 Å². The van der Waals surface area contributed by atoms with Crippen molar-refractivity contribution in [3.05, 3.63) is 35.9 Å². The Balaban J connectivity index is 2.48. The summed E-state index contributed by atoms with van der Waals surface area (Å²) in [6, 6.07) is 9.65. The predicted octanol–water partition coefficient (Wildman–Crippen LogP) is 1.54. The number of ketones is 1. The first-order valence-corrected chi connectivity index (χ1v) is 5.93. The number of methoxy groups -OCH3 is 1. The first-order valence-electron chi connectivity index (χ1n) is 5.93. The van der Waals surface area contributed by atoms with Crippen LogP contribution in [-0.4, -0.2) is 25.4 Å². The van der Waals surface area contributed by atoms with E-state index in [1.807, 2.05) is 30.3 Å². The van der Waals surface area contributed by atoms with E-state index in [4.69, 9.17) is 4.74 Å². The Morgan fingerprint density at radius 2 is 1.94 bits per heavy atom. The van der Waals surface area contributed by atoms with Crippen LogP contribution in [0.5, 0.6) is 0 Å². The summed E-state index contributed by atoms with van der Waals surface area (Å²) >= 11 is 0. The lowest BCUT2D eigenvalue weighted by molar-refractivity contribution is -0.130. The molecule has 0 heterocycles. The van der Waals surface area contributed by atoms with E-state index in [0.717, 1.165) is 5.56 Å². The molecule has 0 radical (unpaired) electrons. The minimum Gasteiger partial charge on any atom is -0.384 e. The standard InChI is InChI=1S/C14H19NO3/c1-11(16)8-13(10-18-2)14(17)15-9-12-6-4-3-5-7-12/h3-7,13H,8-10H2,1-2H3,(H,15,17)/t13-/m1/s1. The van der Waals surface area contributed by atoms with Gasteiger partial charge in [0, 0.05) is 20.1 Å². The summed E-state index contributed by atoms with van der Waals surface area (Å²) < 4.78 is 4.96. The zero-order valence-corrected chi connectivity index (χ0v) is 10.8. The van der Waals surface area contributed by atoms with Gasteiger partial charge in [-0.3, -0.25) is 4.79 Å². The van der Waals surface area contributed by atoms with Crippen LogP contribution in [0.1, 0.15) is 18.9 Å². The first kappa shape index (κ1) is 14.4. The average Bonchev–Trinajstić information content (AvgIpc) is 2.36. The molecule has 1 aromatic rings. The Labute approximate surface area is 107 Å². The van der Waals surface area contributed by atoms with Gasteiger partial charge in [-0.1, -0.05) is 30.3 Å². The van der Waals surface area contributed by atoms with Crippen LogP contribution in [0.2, 0.25) is 0 Å². The Hall–Kier alpha value is -1.68. The summed E-state index contributed by atoms with van der Waals surface area (Å²) in [5.74, 6) is -0.556. The third-order valence-corrected chi connectivity index (χ3v) is 2.58. The molecule has 0 bridgehead atoms. The lowest BCUT2D eigenvalue weighted by Gasteiger charge is -2.14. The predicted molar refractivity (Wildman–Crippen MR) is 69.0 cm³/mol. The zero-order chi connectivity index (χ0) is 13.4. The zero-order valence-electron chi connectivity index (χ0n) is 10.8. The van der Waals surface area contributed by atoms with E-state index < -0.39 is 5.92 Å². The second kappa shape index (κ2) is 7.61. The number of hydrogen-bond donors (Lipinski definition) is 1. The van der Waals surface area contributed by atoms with Crippen LogP contribution in [0.3, 0.4) is 0 Å². The molecule has 4 heteroatoms. The molecule has 1 amide bonds. The van der Waals surface area contributed by atoms with Crippen molar-refractivity contribution in [1.29, 1.82) is 0 Å². The van der Waals surface area contributed by atoms with Gasteiger partial charge in [0.25, 0.3) is 0 Å². The number of hydrogen-bond acceptors (Lipinski definition) is 3. The van der Waals surface area contributed by atoms with Crippen LogP contribution in [0, 0.1) is 5.92 Å². The fourth-order valence-electron chi connectivity index (χ4n) is 1.70. The van der Waals surface area contributed by atoms with Gasteiger partial charge in [-0.2, -0.15) is 0 Å². The Bertz CT molecular complexity index is 389. The van der Waals surface area contributed by atoms with E-state index in [2.05, 4.69) is 5.32 Å². The highest BCUT2D eigenvalue weighted by atomic mass is 16.5. The summed E-state index contributed by atoms with van der Waals surface area (Å²) in [7, 11) is 1.53. The van der Waals surface area contributed by atoms with Gasteiger partial charge in [0.1, 0.15) is 5.78 Å². The second-order valence-corrected chi connectivity index (χ2v) is 4.26. The van der Waals surface area contributed by atoms with Gasteiger partial charge in [0.05, 0.1) is 12.5 Å². The highest BCUT2D eigenvalue weighted by molar-refractivity contribution is 5.85. The van der Waals surface area contributed by atoms with E-state index >= 15 is 0 Å². The van der Waals surface area contributed by atoms with Gasteiger partial charge in [-0.25, -0.2) is 0 Å². The molecule has 0 fully saturated rings. The van der Waals surface area contributed by atoms with E-state index in [1.54, 1.807) is 0 Å². The van der Waals surface area contributed by atoms with Crippen LogP contribution in [0.25, 0.3) is 0 Å². The number of amides is 1. The van der Waals surface area contributed by atoms with Crippen molar-refractivity contribution in [3.8, 4) is 0 Å². The van der Waals surface area contributed by atoms with Gasteiger partial charge in [0.15, 0.2) is 0 Å². The molecule has 0 aliphatic heterocycles. The average molecular weight is 249 g/mol. The third kappa shape index (κ3) is 5.10. The highest BCUT2D eigenvalue weighted by Gasteiger charge is 2.19. The quantitative estimate of drug-likeness (QED) is 0.797. The van der Waals surface area contributed by atoms with Crippen molar-refractivity contribution in [2.45, 2.75) is 19.9 Å². The molecule has 98 valence electrons. The van der Waals surface area contributed by atoms with Crippen LogP contribution < -0.4 is 5.32 Å². The molecule has 4 nitrogen and oxygen atoms in total. The van der Waals surface area contributed by atoms with E-state index in [-0.39, 0.29) is 24.7 Å². The summed E-state index contributed by atoms with van der Waals surface area (Å²) in [6.45, 7) is 2.21. The molecule has 18 heavy (non-hydrogen) atoms. The van der Waals surface area contributed by atoms with Crippen molar-refractivity contribution in [1.82, 2.24) is 5.32 Å². The van der Waals surface area contributed by atoms with Crippen LogP contribution in [0.4, 0.5) is 0 Å². The molecule has 1 aromatic carbocycles. The summed E-state index contributed by atoms with van der Waals surface area (Å²) in [6.07, 6.45) is 0.217. The fraction of sp³-hybridized carbons (Fsp3) is 0.429. The normalized spacial score (nSPS) is 11.9. The van der Waals surface area contributed by atoms with Crippen LogP contribution in [-0.2, 0) is 20.9 Å². The molecule has 1 atom stereocenters. The number of rotatable bonds is 7. The molecule has 0 aliphatic rings. The van der Waals surface area contributed by atoms with Crippen molar-refractivity contribution in [2.75, 3.05) is 13.7 Å². The van der Waals surface area contributed by atoms with E-state index in [1.165, 1.54) is 14.0 Å². The minimum absolute atomic E-state index is 0.00749. The van der Waals surface area contributed by atoms with E-state index in [0.29, 0.717) is 6.54 Å². The fourth-order valence-corrected chi connectivity index (χ4v) is 1.70. The van der Waals surface area contributed by atoms with Crippen molar-refractivity contribution in [3.63, 3.8) is 0 Å². The lowest BCUT2D eigenvalue weighted by Crippen LogP contribution is -2.33. The third-order valence-electron chi connectivity index (χ3n) is 2.58. The molecule has 1 N–H and O–H groups in total. The summed E-state index contributed by atoms with van der Waals surface area (Å²) in [5.41, 5.74) is 1.03. The number of nitrogens with one attached hydrogen (secondary N) is 1. The SMILES string of the molecule is COC[C@@H](CC(C)=O)C(=O)NCc1ccccc1. The summed E-state index contributed by atoms with van der Waals surface area (Å²) in [5, 5.41) is 2.82. The smallest absolute Gasteiger partial charge is 0.226 e. The number of carbonyl (C=O) groups excluding carboxylic acids is 2. The largest absolute Gasteiger partial charge is 0.384 e. The van der Waals surface area contributed by atoms with Crippen molar-refractivity contribution in [2.24, 2.45) is 5.92 Å². The molecule has 0 aromatic heterocycles. The Morgan fingerprint density at radius 3 is 2.50 bits per heavy atom. The highest BCUT2D eigenvalue weighted by Crippen LogP contribution is 2.06. The maximum atomic E-state index is 11.9. The molecule has 0 saturated heterocycles. The lowest BCUT2D eigenvalue weighted by atomic mass is 10.0. The van der Waals surface area contributed by atoms with Crippen LogP contribution in [0.15, 0.2) is 30.3 Å². The summed E-state index contributed by atoms with van der Waals surface area (Å²) in [4.78, 5) is 23.0. The molecular formula is C14H19NO3. The van der Waals surface area contributed by atoms with Crippen molar-refractivity contribution < 1.29 is 14.3 Å². The first-order chi connectivity index (χ1) is 8.63. The molecule has 0 unspecified atom stereocenters.